The van der Waals surface area contributed by atoms with Crippen molar-refractivity contribution in [2.45, 2.75) is 72.0 Å². The van der Waals surface area contributed by atoms with Gasteiger partial charge in [-0.25, -0.2) is 0 Å². The van der Waals surface area contributed by atoms with E-state index in [0.717, 1.165) is 35.3 Å². The molecule has 8 heteroatoms. The molecule has 2 rings (SSSR count). The Morgan fingerprint density at radius 1 is 0.868 bits per heavy atom. The highest BCUT2D eigenvalue weighted by Crippen LogP contribution is 2.34. The summed E-state index contributed by atoms with van der Waals surface area (Å²) in [6.45, 7) is 12.5. The van der Waals surface area contributed by atoms with Crippen molar-refractivity contribution in [3.05, 3.63) is 59.2 Å². The highest BCUT2D eigenvalue weighted by molar-refractivity contribution is 6.18. The van der Waals surface area contributed by atoms with E-state index >= 15 is 0 Å². The Morgan fingerprint density at radius 3 is 2.05 bits per heavy atom. The minimum atomic E-state index is -0.497. The highest BCUT2D eigenvalue weighted by atomic mass is 35.5. The van der Waals surface area contributed by atoms with Crippen molar-refractivity contribution in [2.75, 3.05) is 32.3 Å². The lowest BCUT2D eigenvalue weighted by Crippen LogP contribution is -2.29. The molecule has 0 unspecified atom stereocenters. The van der Waals surface area contributed by atoms with Gasteiger partial charge in [-0.1, -0.05) is 51.5 Å². The molecule has 0 amide bonds. The molecule has 0 aromatic heterocycles. The Hall–Kier alpha value is -2.77. The van der Waals surface area contributed by atoms with Gasteiger partial charge in [0.25, 0.3) is 0 Å². The first kappa shape index (κ1) is 31.4. The zero-order valence-corrected chi connectivity index (χ0v) is 24.1. The van der Waals surface area contributed by atoms with E-state index in [1.54, 1.807) is 0 Å². The number of benzene rings is 2. The average Bonchev–Trinajstić information content (AvgIpc) is 2.87. The monoisotopic (exact) mass is 548 g/mol. The molecule has 2 atom stereocenters. The number of carbonyl (C=O) groups excluding carboxylic acids is 2. The van der Waals surface area contributed by atoms with Crippen LogP contribution in [0.1, 0.15) is 64.2 Å². The minimum absolute atomic E-state index is 0.167. The standard InChI is InChI=1S/C30H41ClO7/c1-7-8-15-34-18-28(38-23(4)33)20-35-26-12-9-24(10-13-26)30(5,6)25-11-14-29(21(2)16-25)36-19-27(17-31)37-22(3)32/h9-14,16,27-28H,7-8,15,17-20H2,1-6H3/t27-,28+/m0/s1. The molecule has 0 fully saturated rings. The Bertz CT molecular complexity index is 1020. The second-order valence-electron chi connectivity index (χ2n) is 9.80. The third-order valence-electron chi connectivity index (χ3n) is 6.12. The molecular weight excluding hydrogens is 508 g/mol. The fourth-order valence-corrected chi connectivity index (χ4v) is 4.02. The lowest BCUT2D eigenvalue weighted by atomic mass is 9.77. The molecule has 210 valence electrons. The van der Waals surface area contributed by atoms with Gasteiger partial charge in [-0.15, -0.1) is 11.6 Å². The van der Waals surface area contributed by atoms with Crippen molar-refractivity contribution in [3.8, 4) is 11.5 Å². The van der Waals surface area contributed by atoms with Crippen LogP contribution in [-0.2, 0) is 29.2 Å². The van der Waals surface area contributed by atoms with E-state index in [-0.39, 0.29) is 36.4 Å². The first-order valence-corrected chi connectivity index (χ1v) is 13.6. The van der Waals surface area contributed by atoms with Gasteiger partial charge in [0.15, 0.2) is 6.10 Å². The zero-order valence-electron chi connectivity index (χ0n) is 23.4. The van der Waals surface area contributed by atoms with Gasteiger partial charge in [0, 0.05) is 25.9 Å². The molecule has 38 heavy (non-hydrogen) atoms. The van der Waals surface area contributed by atoms with Crippen LogP contribution in [0.25, 0.3) is 0 Å². The Balaban J connectivity index is 2.02. The summed E-state index contributed by atoms with van der Waals surface area (Å²) in [6, 6.07) is 14.0. The van der Waals surface area contributed by atoms with Gasteiger partial charge in [0.1, 0.15) is 30.8 Å². The number of carbonyl (C=O) groups is 2. The van der Waals surface area contributed by atoms with Crippen LogP contribution in [0.5, 0.6) is 11.5 Å². The maximum atomic E-state index is 11.4. The summed E-state index contributed by atoms with van der Waals surface area (Å²) in [7, 11) is 0. The summed E-state index contributed by atoms with van der Waals surface area (Å²) in [4.78, 5) is 22.6. The molecule has 0 aliphatic rings. The van der Waals surface area contributed by atoms with Crippen molar-refractivity contribution in [1.29, 1.82) is 0 Å². The van der Waals surface area contributed by atoms with Crippen molar-refractivity contribution < 1.29 is 33.3 Å². The molecule has 7 nitrogen and oxygen atoms in total. The summed E-state index contributed by atoms with van der Waals surface area (Å²) in [5.41, 5.74) is 2.95. The number of hydrogen-bond donors (Lipinski definition) is 0. The number of esters is 2. The van der Waals surface area contributed by atoms with Gasteiger partial charge in [-0.2, -0.15) is 0 Å². The Labute approximate surface area is 231 Å². The van der Waals surface area contributed by atoms with E-state index in [0.29, 0.717) is 19.0 Å². The predicted octanol–water partition coefficient (Wildman–Crippen LogP) is 6.00. The molecule has 0 radical (unpaired) electrons. The van der Waals surface area contributed by atoms with Crippen LogP contribution in [0.2, 0.25) is 0 Å². The number of rotatable bonds is 16. The summed E-state index contributed by atoms with van der Waals surface area (Å²) in [5.74, 6) is 0.837. The first-order valence-electron chi connectivity index (χ1n) is 13.0. The van der Waals surface area contributed by atoms with E-state index in [1.807, 2.05) is 43.3 Å². The second-order valence-corrected chi connectivity index (χ2v) is 10.1. The van der Waals surface area contributed by atoms with E-state index in [2.05, 4.69) is 26.8 Å². The van der Waals surface area contributed by atoms with Crippen LogP contribution >= 0.6 is 11.6 Å². The number of hydrogen-bond acceptors (Lipinski definition) is 7. The lowest BCUT2D eigenvalue weighted by Gasteiger charge is -2.27. The molecule has 0 heterocycles. The first-order chi connectivity index (χ1) is 18.1. The number of ether oxygens (including phenoxy) is 5. The van der Waals surface area contributed by atoms with Gasteiger partial charge >= 0.3 is 11.9 Å². The maximum absolute atomic E-state index is 11.4. The number of halogens is 1. The molecular formula is C30H41ClO7. The normalized spacial score (nSPS) is 12.9. The molecule has 2 aromatic rings. The van der Waals surface area contributed by atoms with E-state index in [1.165, 1.54) is 13.8 Å². The largest absolute Gasteiger partial charge is 0.490 e. The van der Waals surface area contributed by atoms with Crippen molar-refractivity contribution in [3.63, 3.8) is 0 Å². The van der Waals surface area contributed by atoms with E-state index in [4.69, 9.17) is 35.3 Å². The third kappa shape index (κ3) is 10.2. The fourth-order valence-electron chi connectivity index (χ4n) is 3.86. The smallest absolute Gasteiger partial charge is 0.303 e. The predicted molar refractivity (Wildman–Crippen MR) is 148 cm³/mol. The molecule has 0 aliphatic carbocycles. The zero-order chi connectivity index (χ0) is 28.1. The quantitative estimate of drug-likeness (QED) is 0.145. The van der Waals surface area contributed by atoms with E-state index in [9.17, 15) is 9.59 Å². The van der Waals surface area contributed by atoms with Crippen molar-refractivity contribution >= 4 is 23.5 Å². The number of alkyl halides is 1. The Kier molecular flexibility index (Phi) is 12.9. The number of aryl methyl sites for hydroxylation is 1. The van der Waals surface area contributed by atoms with Crippen LogP contribution in [0.3, 0.4) is 0 Å². The van der Waals surface area contributed by atoms with Gasteiger partial charge in [0.05, 0.1) is 12.5 Å². The van der Waals surface area contributed by atoms with Crippen LogP contribution in [-0.4, -0.2) is 56.5 Å². The molecule has 0 aliphatic heterocycles. The number of unbranched alkanes of at least 4 members (excludes halogenated alkanes) is 1. The average molecular weight is 549 g/mol. The molecule has 0 spiro atoms. The van der Waals surface area contributed by atoms with Crippen LogP contribution in [0.4, 0.5) is 0 Å². The molecule has 0 bridgehead atoms. The summed E-state index contributed by atoms with van der Waals surface area (Å²) < 4.78 is 27.9. The SMILES string of the molecule is CCCCOC[C@H](COc1ccc(C(C)(C)c2ccc(OC[C@H](CCl)OC(C)=O)c(C)c2)cc1)OC(C)=O. The van der Waals surface area contributed by atoms with Crippen LogP contribution < -0.4 is 9.47 Å². The van der Waals surface area contributed by atoms with Gasteiger partial charge < -0.3 is 23.7 Å². The van der Waals surface area contributed by atoms with Gasteiger partial charge in [-0.05, 0) is 48.2 Å². The summed E-state index contributed by atoms with van der Waals surface area (Å²) in [5, 5.41) is 0. The summed E-state index contributed by atoms with van der Waals surface area (Å²) in [6.07, 6.45) is 1.05. The fraction of sp³-hybridized carbons (Fsp3) is 0.533. The van der Waals surface area contributed by atoms with Crippen molar-refractivity contribution in [1.82, 2.24) is 0 Å². The van der Waals surface area contributed by atoms with Crippen LogP contribution in [0.15, 0.2) is 42.5 Å². The molecule has 0 N–H and O–H groups in total. The van der Waals surface area contributed by atoms with E-state index < -0.39 is 12.2 Å². The minimum Gasteiger partial charge on any atom is -0.490 e. The molecule has 0 saturated heterocycles. The topological polar surface area (TPSA) is 80.3 Å². The molecule has 2 aromatic carbocycles. The second kappa shape index (κ2) is 15.6. The molecule has 0 saturated carbocycles. The Morgan fingerprint density at radius 2 is 1.47 bits per heavy atom. The van der Waals surface area contributed by atoms with Gasteiger partial charge in [-0.3, -0.25) is 9.59 Å². The highest BCUT2D eigenvalue weighted by Gasteiger charge is 2.24. The van der Waals surface area contributed by atoms with Crippen LogP contribution in [0, 0.1) is 6.92 Å². The third-order valence-corrected chi connectivity index (χ3v) is 6.46. The lowest BCUT2D eigenvalue weighted by molar-refractivity contribution is -0.151. The maximum Gasteiger partial charge on any atom is 0.303 e. The van der Waals surface area contributed by atoms with Crippen molar-refractivity contribution in [2.24, 2.45) is 0 Å². The summed E-state index contributed by atoms with van der Waals surface area (Å²) >= 11 is 5.88. The van der Waals surface area contributed by atoms with Gasteiger partial charge in [0.2, 0.25) is 0 Å².